The summed E-state index contributed by atoms with van der Waals surface area (Å²) in [6.07, 6.45) is -2.84. The molecule has 0 spiro atoms. The number of nitrogens with one attached hydrogen (secondary N) is 1. The smallest absolute Gasteiger partial charge is 0.370 e. The fourth-order valence-corrected chi connectivity index (χ4v) is 6.05. The van der Waals surface area contributed by atoms with Crippen molar-refractivity contribution in [1.29, 1.82) is 0 Å². The molecule has 3 aliphatic rings. The first kappa shape index (κ1) is 22.7. The molecule has 178 valence electrons. The normalized spacial score (nSPS) is 25.1. The highest BCUT2D eigenvalue weighted by atomic mass is 32.2. The fourth-order valence-electron chi connectivity index (χ4n) is 5.10. The van der Waals surface area contributed by atoms with Crippen LogP contribution in [0.25, 0.3) is 10.9 Å². The SMILES string of the molecule is O=C([C@@H]1C[C@H](N2CCCN(c3cc(C(F)(F)F)nc4ccccc34)CC2)CN1)N1CCSC1. The Hall–Kier alpha value is -2.04. The Balaban J connectivity index is 1.29. The van der Waals surface area contributed by atoms with Gasteiger partial charge >= 0.3 is 6.18 Å². The maximum atomic E-state index is 13.5. The van der Waals surface area contributed by atoms with Crippen LogP contribution in [0.5, 0.6) is 0 Å². The molecule has 0 aliphatic carbocycles. The Labute approximate surface area is 195 Å². The van der Waals surface area contributed by atoms with Gasteiger partial charge in [-0.25, -0.2) is 4.98 Å². The van der Waals surface area contributed by atoms with E-state index in [4.69, 9.17) is 0 Å². The van der Waals surface area contributed by atoms with Crippen LogP contribution >= 0.6 is 11.8 Å². The van der Waals surface area contributed by atoms with Gasteiger partial charge in [-0.15, -0.1) is 11.8 Å². The number of amides is 1. The number of carbonyl (C=O) groups is 1. The lowest BCUT2D eigenvalue weighted by atomic mass is 10.1. The molecule has 1 aromatic heterocycles. The van der Waals surface area contributed by atoms with E-state index in [1.165, 1.54) is 6.07 Å². The monoisotopic (exact) mass is 479 g/mol. The molecular formula is C23H28F3N5OS. The summed E-state index contributed by atoms with van der Waals surface area (Å²) in [4.78, 5) is 23.0. The fraction of sp³-hybridized carbons (Fsp3) is 0.565. The number of hydrogen-bond donors (Lipinski definition) is 1. The zero-order valence-corrected chi connectivity index (χ0v) is 19.2. The van der Waals surface area contributed by atoms with Crippen molar-refractivity contribution in [2.24, 2.45) is 0 Å². The number of carbonyl (C=O) groups excluding carboxylic acids is 1. The second-order valence-corrected chi connectivity index (χ2v) is 9.98. The van der Waals surface area contributed by atoms with Crippen molar-refractivity contribution in [3.63, 3.8) is 0 Å². The molecule has 1 aromatic carbocycles. The Morgan fingerprint density at radius 2 is 1.97 bits per heavy atom. The van der Waals surface area contributed by atoms with Gasteiger partial charge in [0.15, 0.2) is 0 Å². The lowest BCUT2D eigenvalue weighted by Gasteiger charge is -2.28. The van der Waals surface area contributed by atoms with Gasteiger partial charge in [0.25, 0.3) is 0 Å². The number of pyridine rings is 1. The van der Waals surface area contributed by atoms with E-state index >= 15 is 0 Å². The lowest BCUT2D eigenvalue weighted by molar-refractivity contribution is -0.141. The summed E-state index contributed by atoms with van der Waals surface area (Å²) in [5.41, 5.74) is 0.113. The number of aromatic nitrogens is 1. The van der Waals surface area contributed by atoms with Crippen LogP contribution in [-0.2, 0) is 11.0 Å². The van der Waals surface area contributed by atoms with Gasteiger partial charge in [0.2, 0.25) is 5.91 Å². The molecule has 33 heavy (non-hydrogen) atoms. The van der Waals surface area contributed by atoms with Gasteiger partial charge < -0.3 is 15.1 Å². The van der Waals surface area contributed by atoms with Crippen LogP contribution in [0, 0.1) is 0 Å². The van der Waals surface area contributed by atoms with Gasteiger partial charge in [-0.2, -0.15) is 13.2 Å². The number of para-hydroxylation sites is 1. The Bertz CT molecular complexity index is 1010. The number of anilines is 1. The lowest BCUT2D eigenvalue weighted by Crippen LogP contribution is -2.42. The van der Waals surface area contributed by atoms with Crippen molar-refractivity contribution in [3.8, 4) is 0 Å². The molecule has 3 aliphatic heterocycles. The van der Waals surface area contributed by atoms with Gasteiger partial charge in [0.05, 0.1) is 17.4 Å². The zero-order chi connectivity index (χ0) is 23.0. The number of alkyl halides is 3. The number of halogens is 3. The number of thioether (sulfide) groups is 1. The average Bonchev–Trinajstić information content (AvgIpc) is 3.46. The standard InChI is InChI=1S/C23H28F3N5OS/c24-23(25,26)21-13-20(17-4-1-2-5-18(17)28-21)30-7-3-6-29(8-9-30)16-12-19(27-14-16)22(32)31-10-11-33-15-31/h1-2,4-5,13,16,19,27H,3,6-12,14-15H2/t16-,19-/m0/s1. The van der Waals surface area contributed by atoms with E-state index in [0.717, 1.165) is 56.0 Å². The van der Waals surface area contributed by atoms with Gasteiger partial charge in [-0.05, 0) is 25.0 Å². The van der Waals surface area contributed by atoms with Crippen molar-refractivity contribution < 1.29 is 18.0 Å². The van der Waals surface area contributed by atoms with Gasteiger partial charge in [-0.1, -0.05) is 18.2 Å². The van der Waals surface area contributed by atoms with E-state index < -0.39 is 11.9 Å². The summed E-state index contributed by atoms with van der Waals surface area (Å²) >= 11 is 1.79. The molecule has 0 bridgehead atoms. The van der Waals surface area contributed by atoms with Crippen LogP contribution in [0.2, 0.25) is 0 Å². The van der Waals surface area contributed by atoms with Crippen molar-refractivity contribution in [3.05, 3.63) is 36.0 Å². The zero-order valence-electron chi connectivity index (χ0n) is 18.4. The third-order valence-corrected chi connectivity index (χ3v) is 7.81. The second-order valence-electron chi connectivity index (χ2n) is 8.91. The molecule has 2 atom stereocenters. The Kier molecular flexibility index (Phi) is 6.41. The predicted molar refractivity (Wildman–Crippen MR) is 124 cm³/mol. The van der Waals surface area contributed by atoms with Crippen LogP contribution < -0.4 is 10.2 Å². The summed E-state index contributed by atoms with van der Waals surface area (Å²) in [6.45, 7) is 4.56. The highest BCUT2D eigenvalue weighted by Crippen LogP contribution is 2.35. The first-order chi connectivity index (χ1) is 15.9. The van der Waals surface area contributed by atoms with Crippen LogP contribution in [-0.4, -0.2) is 83.7 Å². The van der Waals surface area contributed by atoms with Crippen molar-refractivity contribution >= 4 is 34.3 Å². The van der Waals surface area contributed by atoms with Crippen molar-refractivity contribution in [2.45, 2.75) is 31.1 Å². The summed E-state index contributed by atoms with van der Waals surface area (Å²) in [5, 5.41) is 4.15. The van der Waals surface area contributed by atoms with E-state index in [1.807, 2.05) is 17.0 Å². The Morgan fingerprint density at radius 3 is 2.76 bits per heavy atom. The first-order valence-electron chi connectivity index (χ1n) is 11.5. The van der Waals surface area contributed by atoms with E-state index in [-0.39, 0.29) is 18.0 Å². The molecule has 0 saturated carbocycles. The minimum Gasteiger partial charge on any atom is -0.370 e. The van der Waals surface area contributed by atoms with Gasteiger partial charge in [-0.3, -0.25) is 9.69 Å². The number of benzene rings is 1. The summed E-state index contributed by atoms with van der Waals surface area (Å²) < 4.78 is 40.5. The number of hydrogen-bond acceptors (Lipinski definition) is 6. The van der Waals surface area contributed by atoms with Crippen molar-refractivity contribution in [1.82, 2.24) is 20.1 Å². The second kappa shape index (κ2) is 9.31. The molecule has 1 amide bonds. The van der Waals surface area contributed by atoms with E-state index in [1.54, 1.807) is 23.9 Å². The maximum absolute atomic E-state index is 13.5. The van der Waals surface area contributed by atoms with E-state index in [0.29, 0.717) is 24.3 Å². The molecule has 4 heterocycles. The minimum absolute atomic E-state index is 0.133. The molecule has 10 heteroatoms. The highest BCUT2D eigenvalue weighted by Gasteiger charge is 2.37. The predicted octanol–water partition coefficient (Wildman–Crippen LogP) is 3.03. The van der Waals surface area contributed by atoms with Crippen LogP contribution in [0.15, 0.2) is 30.3 Å². The van der Waals surface area contributed by atoms with E-state index in [2.05, 4.69) is 20.1 Å². The van der Waals surface area contributed by atoms with Crippen LogP contribution in [0.1, 0.15) is 18.5 Å². The number of fused-ring (bicyclic) bond motifs is 1. The third kappa shape index (κ3) is 4.79. The molecule has 5 rings (SSSR count). The van der Waals surface area contributed by atoms with Crippen molar-refractivity contribution in [2.75, 3.05) is 55.8 Å². The third-order valence-electron chi connectivity index (χ3n) is 6.84. The van der Waals surface area contributed by atoms with Gasteiger partial charge in [0.1, 0.15) is 5.69 Å². The van der Waals surface area contributed by atoms with Gasteiger partial charge in [0, 0.05) is 62.1 Å². The molecule has 3 saturated heterocycles. The quantitative estimate of drug-likeness (QED) is 0.731. The molecule has 0 radical (unpaired) electrons. The molecule has 3 fully saturated rings. The van der Waals surface area contributed by atoms with E-state index in [9.17, 15) is 18.0 Å². The molecule has 0 unspecified atom stereocenters. The first-order valence-corrected chi connectivity index (χ1v) is 12.6. The maximum Gasteiger partial charge on any atom is 0.433 e. The summed E-state index contributed by atoms with van der Waals surface area (Å²) in [7, 11) is 0. The Morgan fingerprint density at radius 1 is 1.12 bits per heavy atom. The molecular weight excluding hydrogens is 451 g/mol. The topological polar surface area (TPSA) is 51.7 Å². The highest BCUT2D eigenvalue weighted by molar-refractivity contribution is 7.99. The van der Waals surface area contributed by atoms with Crippen LogP contribution in [0.4, 0.5) is 18.9 Å². The summed E-state index contributed by atoms with van der Waals surface area (Å²) in [6, 6.07) is 8.37. The number of rotatable bonds is 3. The minimum atomic E-state index is -4.48. The molecule has 6 nitrogen and oxygen atoms in total. The largest absolute Gasteiger partial charge is 0.433 e. The number of nitrogens with zero attached hydrogens (tertiary/aromatic N) is 4. The average molecular weight is 480 g/mol. The van der Waals surface area contributed by atoms with Crippen LogP contribution in [0.3, 0.4) is 0 Å². The summed E-state index contributed by atoms with van der Waals surface area (Å²) in [5.74, 6) is 1.98. The molecule has 1 N–H and O–H groups in total. The molecule has 2 aromatic rings.